The van der Waals surface area contributed by atoms with Crippen molar-refractivity contribution in [2.24, 2.45) is 11.8 Å². The first-order valence-corrected chi connectivity index (χ1v) is 19.5. The minimum absolute atomic E-state index is 0.369. The third kappa shape index (κ3) is 11.3. The van der Waals surface area contributed by atoms with E-state index >= 15 is 0 Å². The van der Waals surface area contributed by atoms with Gasteiger partial charge in [-0.3, -0.25) is 5.26 Å². The molecule has 0 amide bonds. The average Bonchev–Trinajstić information content (AvgIpc) is 3.15. The highest BCUT2D eigenvalue weighted by molar-refractivity contribution is 5.28. The zero-order valence-electron chi connectivity index (χ0n) is 29.9. The molecule has 0 saturated heterocycles. The predicted octanol–water partition coefficient (Wildman–Crippen LogP) is 13.2. The van der Waals surface area contributed by atoms with Gasteiger partial charge in [0.1, 0.15) is 18.8 Å². The fourth-order valence-corrected chi connectivity index (χ4v) is 8.32. The minimum Gasteiger partial charge on any atom is -0.251 e. The lowest BCUT2D eigenvalue weighted by molar-refractivity contribution is -0.351. The van der Waals surface area contributed by atoms with Crippen LogP contribution in [0.4, 0.5) is 0 Å². The third-order valence-electron chi connectivity index (χ3n) is 11.5. The molecule has 2 atom stereocenters. The van der Waals surface area contributed by atoms with E-state index in [4.69, 9.17) is 14.7 Å². The molecule has 3 aromatic carbocycles. The summed E-state index contributed by atoms with van der Waals surface area (Å²) < 4.78 is 0. The standard InChI is InChI=1S/C44H62O4/c1-3-5-8-12-34-16-22-37(23-17-34)39-26-20-36(21-27-39)33-46-48-44(41-14-10-7-11-15-41)32-43(47-45)42-30-28-40(29-31-42)38-24-18-35(19-25-38)13-9-6-4-2/h7,10-11,14-15,20-21,26-31,34-35,37-38,43-45H,3-6,8-9,12-13,16-19,22-25,32-33H2,1-2H3. The van der Waals surface area contributed by atoms with Gasteiger partial charge in [0.15, 0.2) is 0 Å². The van der Waals surface area contributed by atoms with E-state index < -0.39 is 12.2 Å². The zero-order chi connectivity index (χ0) is 33.4. The number of benzene rings is 3. The van der Waals surface area contributed by atoms with Gasteiger partial charge in [-0.1, -0.05) is 144 Å². The highest BCUT2D eigenvalue weighted by atomic mass is 17.2. The monoisotopic (exact) mass is 654 g/mol. The van der Waals surface area contributed by atoms with Crippen molar-refractivity contribution in [3.63, 3.8) is 0 Å². The fraction of sp³-hybridized carbons (Fsp3) is 0.591. The summed E-state index contributed by atoms with van der Waals surface area (Å²) in [6.07, 6.45) is 21.1. The van der Waals surface area contributed by atoms with Crippen molar-refractivity contribution in [3.8, 4) is 0 Å². The van der Waals surface area contributed by atoms with E-state index in [1.54, 1.807) is 0 Å². The maximum absolute atomic E-state index is 10.0. The maximum atomic E-state index is 10.0. The Bertz CT molecular complexity index is 1260. The Morgan fingerprint density at radius 1 is 0.583 bits per heavy atom. The largest absolute Gasteiger partial charge is 0.251 e. The van der Waals surface area contributed by atoms with Gasteiger partial charge in [-0.05, 0) is 103 Å². The quantitative estimate of drug-likeness (QED) is 0.0794. The van der Waals surface area contributed by atoms with Crippen LogP contribution in [0, 0.1) is 11.8 Å². The van der Waals surface area contributed by atoms with Gasteiger partial charge in [0.05, 0.1) is 0 Å². The van der Waals surface area contributed by atoms with Crippen molar-refractivity contribution in [3.05, 3.63) is 107 Å². The average molecular weight is 655 g/mol. The van der Waals surface area contributed by atoms with Crippen LogP contribution in [0.2, 0.25) is 0 Å². The Labute approximate surface area is 291 Å². The first-order valence-electron chi connectivity index (χ1n) is 19.5. The van der Waals surface area contributed by atoms with Crippen LogP contribution < -0.4 is 0 Å². The molecule has 2 aliphatic carbocycles. The summed E-state index contributed by atoms with van der Waals surface area (Å²) in [5, 5.41) is 10.0. The van der Waals surface area contributed by atoms with Crippen LogP contribution in [0.3, 0.4) is 0 Å². The van der Waals surface area contributed by atoms with Crippen LogP contribution in [-0.4, -0.2) is 5.26 Å². The lowest BCUT2D eigenvalue weighted by atomic mass is 9.77. The zero-order valence-corrected chi connectivity index (χ0v) is 29.9. The summed E-state index contributed by atoms with van der Waals surface area (Å²) in [6, 6.07) is 27.7. The van der Waals surface area contributed by atoms with E-state index in [0.29, 0.717) is 24.9 Å². The molecular weight excluding hydrogens is 592 g/mol. The van der Waals surface area contributed by atoms with Crippen LogP contribution in [0.15, 0.2) is 78.9 Å². The molecular formula is C44H62O4. The number of unbranched alkanes of at least 4 members (excludes halogenated alkanes) is 4. The molecule has 0 aliphatic heterocycles. The Morgan fingerprint density at radius 3 is 1.58 bits per heavy atom. The first kappa shape index (κ1) is 36.8. The molecule has 4 nitrogen and oxygen atoms in total. The van der Waals surface area contributed by atoms with Crippen LogP contribution in [0.25, 0.3) is 0 Å². The van der Waals surface area contributed by atoms with Crippen LogP contribution in [0.5, 0.6) is 0 Å². The molecule has 2 unspecified atom stereocenters. The molecule has 5 rings (SSSR count). The van der Waals surface area contributed by atoms with E-state index in [1.807, 2.05) is 30.3 Å². The summed E-state index contributed by atoms with van der Waals surface area (Å²) in [5.74, 6) is 3.15. The first-order chi connectivity index (χ1) is 23.7. The molecule has 0 heterocycles. The van der Waals surface area contributed by atoms with Crippen molar-refractivity contribution in [1.82, 2.24) is 0 Å². The minimum atomic E-state index is -0.525. The molecule has 0 aromatic heterocycles. The van der Waals surface area contributed by atoms with Gasteiger partial charge >= 0.3 is 0 Å². The molecule has 4 heteroatoms. The normalized spacial score (nSPS) is 22.7. The SMILES string of the molecule is CCCCCC1CCC(c2ccc(COOC(CC(OO)c3ccc(C4CCC(CCCCC)CC4)cc3)c3ccccc3)cc2)CC1. The smallest absolute Gasteiger partial charge is 0.121 e. The highest BCUT2D eigenvalue weighted by Crippen LogP contribution is 2.40. The van der Waals surface area contributed by atoms with Crippen LogP contribution in [0.1, 0.15) is 175 Å². The Hall–Kier alpha value is -2.50. The summed E-state index contributed by atoms with van der Waals surface area (Å²) in [7, 11) is 0. The topological polar surface area (TPSA) is 47.9 Å². The second kappa shape index (κ2) is 20.2. The highest BCUT2D eigenvalue weighted by Gasteiger charge is 2.26. The van der Waals surface area contributed by atoms with E-state index in [2.05, 4.69) is 62.4 Å². The van der Waals surface area contributed by atoms with Crippen molar-refractivity contribution in [2.45, 2.75) is 154 Å². The van der Waals surface area contributed by atoms with Crippen LogP contribution in [-0.2, 0) is 21.3 Å². The molecule has 1 N–H and O–H groups in total. The fourth-order valence-electron chi connectivity index (χ4n) is 8.32. The van der Waals surface area contributed by atoms with Crippen molar-refractivity contribution in [2.75, 3.05) is 0 Å². The Kier molecular flexibility index (Phi) is 15.5. The second-order valence-electron chi connectivity index (χ2n) is 14.9. The molecule has 262 valence electrons. The second-order valence-corrected chi connectivity index (χ2v) is 14.9. The molecule has 48 heavy (non-hydrogen) atoms. The number of hydrogen-bond acceptors (Lipinski definition) is 4. The Balaban J connectivity index is 1.11. The number of rotatable bonds is 19. The Morgan fingerprint density at radius 2 is 1.08 bits per heavy atom. The summed E-state index contributed by atoms with van der Waals surface area (Å²) >= 11 is 0. The van der Waals surface area contributed by atoms with E-state index in [9.17, 15) is 5.26 Å². The van der Waals surface area contributed by atoms with E-state index in [0.717, 1.165) is 28.5 Å². The lowest BCUT2D eigenvalue weighted by Gasteiger charge is -2.29. The third-order valence-corrected chi connectivity index (χ3v) is 11.5. The van der Waals surface area contributed by atoms with Gasteiger partial charge in [0.2, 0.25) is 0 Å². The van der Waals surface area contributed by atoms with Gasteiger partial charge in [-0.25, -0.2) is 14.7 Å². The van der Waals surface area contributed by atoms with Crippen molar-refractivity contribution >= 4 is 0 Å². The number of hydrogen-bond donors (Lipinski definition) is 1. The molecule has 2 fully saturated rings. The van der Waals surface area contributed by atoms with Crippen molar-refractivity contribution in [1.29, 1.82) is 0 Å². The molecule has 0 radical (unpaired) electrons. The summed E-state index contributed by atoms with van der Waals surface area (Å²) in [5.41, 5.74) is 5.90. The van der Waals surface area contributed by atoms with E-state index in [-0.39, 0.29) is 0 Å². The van der Waals surface area contributed by atoms with Gasteiger partial charge < -0.3 is 0 Å². The summed E-state index contributed by atoms with van der Waals surface area (Å²) in [4.78, 5) is 17.0. The maximum Gasteiger partial charge on any atom is 0.121 e. The van der Waals surface area contributed by atoms with Gasteiger partial charge in [0.25, 0.3) is 0 Å². The molecule has 3 aromatic rings. The van der Waals surface area contributed by atoms with Gasteiger partial charge in [0, 0.05) is 6.42 Å². The lowest BCUT2D eigenvalue weighted by Crippen LogP contribution is -2.14. The van der Waals surface area contributed by atoms with Gasteiger partial charge in [-0.15, -0.1) is 0 Å². The molecule has 0 spiro atoms. The molecule has 2 aliphatic rings. The summed E-state index contributed by atoms with van der Waals surface area (Å²) in [6.45, 7) is 4.95. The van der Waals surface area contributed by atoms with Crippen molar-refractivity contribution < 1.29 is 19.9 Å². The van der Waals surface area contributed by atoms with Gasteiger partial charge in [-0.2, -0.15) is 0 Å². The molecule has 2 saturated carbocycles. The predicted molar refractivity (Wildman–Crippen MR) is 197 cm³/mol. The van der Waals surface area contributed by atoms with Crippen LogP contribution >= 0.6 is 0 Å². The molecule has 0 bridgehead atoms. The van der Waals surface area contributed by atoms with E-state index in [1.165, 1.54) is 114 Å².